The minimum absolute atomic E-state index is 0. The maximum absolute atomic E-state index is 2.47. The van der Waals surface area contributed by atoms with Crippen LogP contribution in [0.4, 0.5) is 11.4 Å². The number of anilines is 2. The number of halogens is 1. The van der Waals surface area contributed by atoms with Gasteiger partial charge in [-0.1, -0.05) is 24.3 Å². The average molecular weight is 502 g/mol. The van der Waals surface area contributed by atoms with Gasteiger partial charge in [-0.25, -0.2) is 9.13 Å². The fourth-order valence-corrected chi connectivity index (χ4v) is 4.69. The molecule has 4 rings (SSSR count). The van der Waals surface area contributed by atoms with Gasteiger partial charge in [0, 0.05) is 13.1 Å². The van der Waals surface area contributed by atoms with Crippen LogP contribution in [0.15, 0.2) is 54.4 Å². The molecule has 0 spiro atoms. The fraction of sp³-hybridized carbons (Fsp3) is 0.375. The second-order valence-electron chi connectivity index (χ2n) is 8.30. The molecule has 0 saturated carbocycles. The SMILES string of the molecule is C/C(=C1/N(C)c2ccccc2N1C(C)C)c1n(C(C)C)c2ccccc2[n+]1C.[I-]. The number of hydrogen-bond donors (Lipinski definition) is 0. The van der Waals surface area contributed by atoms with Crippen molar-refractivity contribution in [3.05, 3.63) is 60.2 Å². The first kappa shape index (κ1) is 21.7. The molecule has 0 N–H and O–H groups in total. The number of aryl methyl sites for hydroxylation is 1. The van der Waals surface area contributed by atoms with Crippen molar-refractivity contribution in [3.63, 3.8) is 0 Å². The Kier molecular flexibility index (Phi) is 5.99. The number of benzene rings is 2. The van der Waals surface area contributed by atoms with Crippen LogP contribution in [0.2, 0.25) is 0 Å². The molecule has 1 aliphatic rings. The van der Waals surface area contributed by atoms with Gasteiger partial charge in [0.05, 0.1) is 30.0 Å². The van der Waals surface area contributed by atoms with Gasteiger partial charge in [-0.2, -0.15) is 0 Å². The molecule has 0 bridgehead atoms. The van der Waals surface area contributed by atoms with E-state index in [1.54, 1.807) is 0 Å². The lowest BCUT2D eigenvalue weighted by molar-refractivity contribution is -0.648. The first-order valence-electron chi connectivity index (χ1n) is 10.2. The van der Waals surface area contributed by atoms with Crippen LogP contribution in [-0.4, -0.2) is 17.7 Å². The van der Waals surface area contributed by atoms with Crippen molar-refractivity contribution >= 4 is 28.0 Å². The first-order chi connectivity index (χ1) is 13.3. The van der Waals surface area contributed by atoms with Crippen molar-refractivity contribution in [2.75, 3.05) is 16.8 Å². The van der Waals surface area contributed by atoms with Crippen molar-refractivity contribution in [1.29, 1.82) is 0 Å². The zero-order valence-corrected chi connectivity index (χ0v) is 20.6. The molecule has 3 aromatic rings. The molecule has 4 nitrogen and oxygen atoms in total. The van der Waals surface area contributed by atoms with Crippen LogP contribution in [-0.2, 0) is 7.05 Å². The van der Waals surface area contributed by atoms with Gasteiger partial charge in [0.25, 0.3) is 5.82 Å². The van der Waals surface area contributed by atoms with E-state index < -0.39 is 0 Å². The number of allylic oxidation sites excluding steroid dienone is 1. The summed E-state index contributed by atoms with van der Waals surface area (Å²) in [5, 5.41) is 0. The number of aromatic nitrogens is 2. The van der Waals surface area contributed by atoms with E-state index in [9.17, 15) is 0 Å². The van der Waals surface area contributed by atoms with Crippen LogP contribution in [0.3, 0.4) is 0 Å². The highest BCUT2D eigenvalue weighted by molar-refractivity contribution is 5.88. The molecule has 0 saturated heterocycles. The summed E-state index contributed by atoms with van der Waals surface area (Å²) in [6.07, 6.45) is 0. The lowest BCUT2D eigenvalue weighted by Crippen LogP contribution is -3.00. The quantitative estimate of drug-likeness (QED) is 0.403. The number of imidazole rings is 1. The van der Waals surface area contributed by atoms with Gasteiger partial charge in [0.2, 0.25) is 0 Å². The summed E-state index contributed by atoms with van der Waals surface area (Å²) in [5.41, 5.74) is 6.38. The summed E-state index contributed by atoms with van der Waals surface area (Å²) in [6.45, 7) is 11.3. The second-order valence-corrected chi connectivity index (χ2v) is 8.30. The molecule has 2 heterocycles. The molecule has 0 radical (unpaired) electrons. The summed E-state index contributed by atoms with van der Waals surface area (Å²) in [4.78, 5) is 4.81. The monoisotopic (exact) mass is 502 g/mol. The Morgan fingerprint density at radius 3 is 2.07 bits per heavy atom. The Bertz CT molecular complexity index is 1080. The van der Waals surface area contributed by atoms with Crippen LogP contribution in [0, 0.1) is 0 Å². The van der Waals surface area contributed by atoms with Crippen molar-refractivity contribution in [2.24, 2.45) is 7.05 Å². The van der Waals surface area contributed by atoms with Gasteiger partial charge in [0.15, 0.2) is 11.0 Å². The van der Waals surface area contributed by atoms with E-state index in [0.29, 0.717) is 12.1 Å². The molecular weight excluding hydrogens is 471 g/mol. The lowest BCUT2D eigenvalue weighted by atomic mass is 10.2. The zero-order chi connectivity index (χ0) is 20.2. The van der Waals surface area contributed by atoms with Crippen molar-refractivity contribution in [1.82, 2.24) is 4.57 Å². The topological polar surface area (TPSA) is 15.3 Å². The van der Waals surface area contributed by atoms with Crippen LogP contribution < -0.4 is 38.3 Å². The van der Waals surface area contributed by atoms with Gasteiger partial charge < -0.3 is 33.8 Å². The van der Waals surface area contributed by atoms with Crippen LogP contribution in [0.25, 0.3) is 16.6 Å². The molecule has 29 heavy (non-hydrogen) atoms. The Balaban J connectivity index is 0.00000240. The molecule has 1 aliphatic heterocycles. The van der Waals surface area contributed by atoms with Gasteiger partial charge in [-0.3, -0.25) is 0 Å². The fourth-order valence-electron chi connectivity index (χ4n) is 4.69. The van der Waals surface area contributed by atoms with E-state index in [1.807, 2.05) is 0 Å². The summed E-state index contributed by atoms with van der Waals surface area (Å²) in [5.74, 6) is 2.52. The normalized spacial score (nSPS) is 15.3. The van der Waals surface area contributed by atoms with E-state index in [-0.39, 0.29) is 24.0 Å². The number of nitrogens with zero attached hydrogens (tertiary/aromatic N) is 4. The predicted molar refractivity (Wildman–Crippen MR) is 119 cm³/mol. The van der Waals surface area contributed by atoms with Crippen molar-refractivity contribution in [2.45, 2.75) is 46.7 Å². The molecule has 0 aliphatic carbocycles. The minimum atomic E-state index is 0. The largest absolute Gasteiger partial charge is 1.00 e. The molecule has 2 aromatic carbocycles. The molecule has 0 amide bonds. The van der Waals surface area contributed by atoms with Gasteiger partial charge >= 0.3 is 0 Å². The highest BCUT2D eigenvalue weighted by atomic mass is 127. The van der Waals surface area contributed by atoms with E-state index in [2.05, 4.69) is 116 Å². The van der Waals surface area contributed by atoms with Gasteiger partial charge in [-0.05, 0) is 58.9 Å². The maximum atomic E-state index is 2.47. The smallest absolute Gasteiger partial charge is 0.289 e. The predicted octanol–water partition coefficient (Wildman–Crippen LogP) is 2.10. The summed E-state index contributed by atoms with van der Waals surface area (Å²) < 4.78 is 4.81. The van der Waals surface area contributed by atoms with E-state index in [1.165, 1.54) is 39.6 Å². The summed E-state index contributed by atoms with van der Waals surface area (Å²) in [6, 6.07) is 18.1. The molecule has 1 aromatic heterocycles. The molecular formula is C24H31IN4. The third kappa shape index (κ3) is 3.23. The van der Waals surface area contributed by atoms with Crippen molar-refractivity contribution in [3.8, 4) is 0 Å². The third-order valence-electron chi connectivity index (χ3n) is 5.80. The van der Waals surface area contributed by atoms with Gasteiger partial charge in [0.1, 0.15) is 5.82 Å². The van der Waals surface area contributed by atoms with E-state index in [4.69, 9.17) is 0 Å². The molecule has 0 fully saturated rings. The third-order valence-corrected chi connectivity index (χ3v) is 5.80. The number of para-hydroxylation sites is 4. The standard InChI is InChI=1S/C24H31N4.HI/c1-16(2)27-21-14-10-8-12-19(21)25(6)23(27)18(5)24-26(7)20-13-9-11-15-22(20)28(24)17(3)4;/h8-17H,1-7H3;1H/q+1;/p-1. The maximum Gasteiger partial charge on any atom is 0.289 e. The van der Waals surface area contributed by atoms with Crippen LogP contribution >= 0.6 is 0 Å². The molecule has 154 valence electrons. The Labute approximate surface area is 191 Å². The zero-order valence-electron chi connectivity index (χ0n) is 18.4. The van der Waals surface area contributed by atoms with E-state index >= 15 is 0 Å². The summed E-state index contributed by atoms with van der Waals surface area (Å²) >= 11 is 0. The second kappa shape index (κ2) is 8.01. The molecule has 0 unspecified atom stereocenters. The highest BCUT2D eigenvalue weighted by Crippen LogP contribution is 2.44. The Morgan fingerprint density at radius 1 is 0.862 bits per heavy atom. The first-order valence-corrected chi connectivity index (χ1v) is 10.2. The molecule has 5 heteroatoms. The Morgan fingerprint density at radius 2 is 1.45 bits per heavy atom. The van der Waals surface area contributed by atoms with Crippen LogP contribution in [0.1, 0.15) is 46.5 Å². The molecule has 0 atom stereocenters. The number of rotatable bonds is 3. The Hall–Kier alpha value is -2.02. The lowest BCUT2D eigenvalue weighted by Gasteiger charge is -2.28. The van der Waals surface area contributed by atoms with Crippen LogP contribution in [0.5, 0.6) is 0 Å². The number of fused-ring (bicyclic) bond motifs is 2. The minimum Gasteiger partial charge on any atom is -1.00 e. The highest BCUT2D eigenvalue weighted by Gasteiger charge is 2.36. The van der Waals surface area contributed by atoms with Crippen molar-refractivity contribution < 1.29 is 28.5 Å². The van der Waals surface area contributed by atoms with E-state index in [0.717, 1.165) is 0 Å². The van der Waals surface area contributed by atoms with Gasteiger partial charge in [-0.15, -0.1) is 0 Å². The average Bonchev–Trinajstić information content (AvgIpc) is 3.14. The summed E-state index contributed by atoms with van der Waals surface area (Å²) in [7, 11) is 4.37. The number of hydrogen-bond acceptors (Lipinski definition) is 2.